The van der Waals surface area contributed by atoms with Gasteiger partial charge in [-0.05, 0) is 25.2 Å². The van der Waals surface area contributed by atoms with E-state index in [4.69, 9.17) is 5.73 Å². The molecule has 212 valence electrons. The number of hydrogen-bond acceptors (Lipinski definition) is 5. The minimum absolute atomic E-state index is 0.0120. The van der Waals surface area contributed by atoms with E-state index in [0.717, 1.165) is 11.9 Å². The van der Waals surface area contributed by atoms with Crippen molar-refractivity contribution in [1.29, 1.82) is 0 Å². The summed E-state index contributed by atoms with van der Waals surface area (Å²) in [7, 11) is 1.15. The lowest BCUT2D eigenvalue weighted by atomic mass is 9.81. The first-order valence-corrected chi connectivity index (χ1v) is 12.2. The highest BCUT2D eigenvalue weighted by Crippen LogP contribution is 2.41. The fourth-order valence-corrected chi connectivity index (χ4v) is 5.18. The number of nitrogens with two attached hydrogens (primary N) is 1. The number of nitrogens with zero attached hydrogens (tertiary/aromatic N) is 4. The average Bonchev–Trinajstić information content (AvgIpc) is 3.20. The standard InChI is InChI=1S/C23H28F8N6O/c1-36(11-22(26,27)28)17-8-18-34-16(19(32)12-2-4-21(24,25)5-3-12)10-37(18)35-15(17)7-13-6-14(23(29,30)31)9-33-20(13)38/h8,10,12-14,19H,2-7,9,11,32H2,1H3,(H,33,38)/t13?,14-,19?/m1/s1. The molecule has 7 nitrogen and oxygen atoms in total. The lowest BCUT2D eigenvalue weighted by molar-refractivity contribution is -0.183. The molecular formula is C23H28F8N6O. The lowest BCUT2D eigenvalue weighted by Crippen LogP contribution is -2.47. The van der Waals surface area contributed by atoms with Gasteiger partial charge in [-0.2, -0.15) is 31.4 Å². The highest BCUT2D eigenvalue weighted by molar-refractivity contribution is 5.80. The third-order valence-corrected chi connectivity index (χ3v) is 7.33. The number of carbonyl (C=O) groups is 1. The topological polar surface area (TPSA) is 88.6 Å². The Morgan fingerprint density at radius 2 is 1.87 bits per heavy atom. The van der Waals surface area contributed by atoms with Gasteiger partial charge in [0.1, 0.15) is 6.54 Å². The normalized spacial score (nSPS) is 23.9. The molecule has 2 aliphatic rings. The summed E-state index contributed by atoms with van der Waals surface area (Å²) in [6, 6.07) is 0.589. The number of aromatic nitrogens is 3. The van der Waals surface area contributed by atoms with Gasteiger partial charge in [0.05, 0.1) is 35.2 Å². The second kappa shape index (κ2) is 10.1. The Bertz CT molecular complexity index is 1150. The summed E-state index contributed by atoms with van der Waals surface area (Å²) in [6.07, 6.45) is -8.82. The third kappa shape index (κ3) is 6.46. The second-order valence-corrected chi connectivity index (χ2v) is 10.3. The monoisotopic (exact) mass is 556 g/mol. The first-order chi connectivity index (χ1) is 17.5. The van der Waals surface area contributed by atoms with Crippen LogP contribution in [0.5, 0.6) is 0 Å². The van der Waals surface area contributed by atoms with Gasteiger partial charge in [0, 0.05) is 44.8 Å². The number of hydrogen-bond donors (Lipinski definition) is 2. The molecular weight excluding hydrogens is 528 g/mol. The minimum Gasteiger partial charge on any atom is -0.364 e. The molecule has 1 saturated heterocycles. The first kappa shape index (κ1) is 28.3. The molecule has 1 aliphatic heterocycles. The number of nitrogens with one attached hydrogen (secondary N) is 1. The molecule has 3 N–H and O–H groups in total. The zero-order chi connectivity index (χ0) is 28.0. The van der Waals surface area contributed by atoms with Gasteiger partial charge in [-0.15, -0.1) is 0 Å². The van der Waals surface area contributed by atoms with E-state index < -0.39 is 61.6 Å². The molecule has 0 radical (unpaired) electrons. The number of anilines is 1. The van der Waals surface area contributed by atoms with Crippen molar-refractivity contribution in [2.24, 2.45) is 23.5 Å². The summed E-state index contributed by atoms with van der Waals surface area (Å²) >= 11 is 0. The second-order valence-electron chi connectivity index (χ2n) is 10.3. The maximum absolute atomic E-state index is 13.6. The molecule has 1 aliphatic carbocycles. The van der Waals surface area contributed by atoms with Crippen LogP contribution in [0.25, 0.3) is 5.65 Å². The van der Waals surface area contributed by atoms with Crippen LogP contribution in [-0.2, 0) is 11.2 Å². The molecule has 0 aromatic carbocycles. The summed E-state index contributed by atoms with van der Waals surface area (Å²) in [5.41, 5.74) is 6.68. The molecule has 0 spiro atoms. The maximum Gasteiger partial charge on any atom is 0.405 e. The zero-order valence-corrected chi connectivity index (χ0v) is 20.4. The van der Waals surface area contributed by atoms with Crippen LogP contribution >= 0.6 is 0 Å². The lowest BCUT2D eigenvalue weighted by Gasteiger charge is -2.31. The van der Waals surface area contributed by atoms with Crippen LogP contribution in [0.3, 0.4) is 0 Å². The highest BCUT2D eigenvalue weighted by atomic mass is 19.4. The fraction of sp³-hybridized carbons (Fsp3) is 0.696. The van der Waals surface area contributed by atoms with Crippen molar-refractivity contribution in [3.63, 3.8) is 0 Å². The molecule has 2 unspecified atom stereocenters. The fourth-order valence-electron chi connectivity index (χ4n) is 5.18. The van der Waals surface area contributed by atoms with Crippen LogP contribution in [0.15, 0.2) is 12.3 Å². The number of imidazole rings is 1. The van der Waals surface area contributed by atoms with Crippen molar-refractivity contribution in [1.82, 2.24) is 19.9 Å². The molecule has 1 amide bonds. The van der Waals surface area contributed by atoms with Gasteiger partial charge in [0.15, 0.2) is 5.65 Å². The van der Waals surface area contributed by atoms with E-state index in [2.05, 4.69) is 15.4 Å². The number of carbonyl (C=O) groups excluding carboxylic acids is 1. The molecule has 0 bridgehead atoms. The van der Waals surface area contributed by atoms with Crippen LogP contribution in [0.4, 0.5) is 40.8 Å². The van der Waals surface area contributed by atoms with E-state index in [-0.39, 0.29) is 55.1 Å². The van der Waals surface area contributed by atoms with Gasteiger partial charge in [0.2, 0.25) is 11.8 Å². The highest BCUT2D eigenvalue weighted by Gasteiger charge is 2.45. The van der Waals surface area contributed by atoms with E-state index in [1.165, 1.54) is 16.8 Å². The van der Waals surface area contributed by atoms with Crippen molar-refractivity contribution >= 4 is 17.2 Å². The Hall–Kier alpha value is -2.71. The van der Waals surface area contributed by atoms with Crippen molar-refractivity contribution < 1.29 is 39.9 Å². The molecule has 4 rings (SSSR count). The summed E-state index contributed by atoms with van der Waals surface area (Å²) < 4.78 is 108. The van der Waals surface area contributed by atoms with Crippen LogP contribution in [0, 0.1) is 17.8 Å². The Morgan fingerprint density at radius 1 is 1.21 bits per heavy atom. The van der Waals surface area contributed by atoms with Crippen molar-refractivity contribution in [3.8, 4) is 0 Å². The molecule has 2 aromatic rings. The van der Waals surface area contributed by atoms with Gasteiger partial charge in [-0.3, -0.25) is 4.79 Å². The van der Waals surface area contributed by atoms with Crippen LogP contribution in [0.1, 0.15) is 49.5 Å². The number of fused-ring (bicyclic) bond motifs is 1. The molecule has 15 heteroatoms. The van der Waals surface area contributed by atoms with Crippen molar-refractivity contribution in [2.45, 2.75) is 62.8 Å². The molecule has 2 aromatic heterocycles. The molecule has 1 saturated carbocycles. The van der Waals surface area contributed by atoms with E-state index >= 15 is 0 Å². The first-order valence-electron chi connectivity index (χ1n) is 12.2. The number of alkyl halides is 8. The van der Waals surface area contributed by atoms with Gasteiger partial charge < -0.3 is 16.0 Å². The number of rotatable bonds is 6. The predicted octanol–water partition coefficient (Wildman–Crippen LogP) is 4.41. The van der Waals surface area contributed by atoms with Crippen LogP contribution < -0.4 is 16.0 Å². The Labute approximate surface area is 212 Å². The third-order valence-electron chi connectivity index (χ3n) is 7.33. The molecule has 2 fully saturated rings. The van der Waals surface area contributed by atoms with E-state index in [9.17, 15) is 39.9 Å². The molecule has 38 heavy (non-hydrogen) atoms. The van der Waals surface area contributed by atoms with Gasteiger partial charge in [-0.25, -0.2) is 18.3 Å². The predicted molar refractivity (Wildman–Crippen MR) is 121 cm³/mol. The Kier molecular flexibility index (Phi) is 7.53. The van der Waals surface area contributed by atoms with Crippen molar-refractivity contribution in [2.75, 3.05) is 25.0 Å². The van der Waals surface area contributed by atoms with Crippen molar-refractivity contribution in [3.05, 3.63) is 23.7 Å². The summed E-state index contributed by atoms with van der Waals surface area (Å²) in [5, 5.41) is 6.55. The minimum atomic E-state index is -4.59. The van der Waals surface area contributed by atoms with E-state index in [0.29, 0.717) is 5.69 Å². The number of amides is 1. The van der Waals surface area contributed by atoms with E-state index in [1.54, 1.807) is 0 Å². The SMILES string of the molecule is CN(CC(F)(F)F)c1cc2nc(C(N)C3CCC(F)(F)CC3)cn2nc1CC1C[C@@H](C(F)(F)F)CNC1=O. The van der Waals surface area contributed by atoms with Crippen LogP contribution in [0.2, 0.25) is 0 Å². The summed E-state index contributed by atoms with van der Waals surface area (Å²) in [6.45, 7) is -1.94. The molecule has 3 atom stereocenters. The number of piperidine rings is 1. The summed E-state index contributed by atoms with van der Waals surface area (Å²) in [5.74, 6) is -6.62. The van der Waals surface area contributed by atoms with Gasteiger partial charge in [0.25, 0.3) is 0 Å². The smallest absolute Gasteiger partial charge is 0.364 e. The van der Waals surface area contributed by atoms with Crippen LogP contribution in [-0.4, -0.2) is 58.9 Å². The quantitative estimate of drug-likeness (QED) is 0.515. The zero-order valence-electron chi connectivity index (χ0n) is 20.4. The van der Waals surface area contributed by atoms with Gasteiger partial charge in [-0.1, -0.05) is 0 Å². The Morgan fingerprint density at radius 3 is 2.47 bits per heavy atom. The largest absolute Gasteiger partial charge is 0.405 e. The number of halogens is 8. The van der Waals surface area contributed by atoms with Gasteiger partial charge >= 0.3 is 12.4 Å². The van der Waals surface area contributed by atoms with E-state index in [1.807, 2.05) is 0 Å². The average molecular weight is 557 g/mol. The Balaban J connectivity index is 1.66. The maximum atomic E-state index is 13.6. The molecule has 3 heterocycles. The summed E-state index contributed by atoms with van der Waals surface area (Å²) in [4.78, 5) is 17.6.